The van der Waals surface area contributed by atoms with E-state index in [0.717, 1.165) is 15.8 Å². The van der Waals surface area contributed by atoms with Gasteiger partial charge in [0.1, 0.15) is 12.4 Å². The zero-order valence-corrected chi connectivity index (χ0v) is 17.1. The summed E-state index contributed by atoms with van der Waals surface area (Å²) in [6.45, 7) is 0.0565. The summed E-state index contributed by atoms with van der Waals surface area (Å²) < 4.78 is 11.8. The largest absolute Gasteiger partial charge is 0.489 e. The van der Waals surface area contributed by atoms with Crippen molar-refractivity contribution in [2.75, 3.05) is 6.61 Å². The van der Waals surface area contributed by atoms with E-state index in [4.69, 9.17) is 21.1 Å². The Hall–Kier alpha value is -2.63. The summed E-state index contributed by atoms with van der Waals surface area (Å²) in [5, 5.41) is 0.540. The number of carbonyl (C=O) groups is 2. The van der Waals surface area contributed by atoms with Crippen LogP contribution in [0.2, 0.25) is 5.02 Å². The van der Waals surface area contributed by atoms with Crippen LogP contribution >= 0.6 is 27.5 Å². The lowest BCUT2D eigenvalue weighted by molar-refractivity contribution is 0.0474. The van der Waals surface area contributed by atoms with Crippen LogP contribution in [0.15, 0.2) is 77.3 Å². The Morgan fingerprint density at radius 3 is 2.07 bits per heavy atom. The Bertz CT molecular complexity index is 951. The normalized spacial score (nSPS) is 10.4. The Labute approximate surface area is 176 Å². The van der Waals surface area contributed by atoms with E-state index >= 15 is 0 Å². The molecule has 0 aliphatic heterocycles. The van der Waals surface area contributed by atoms with Gasteiger partial charge in [0.25, 0.3) is 0 Å². The highest BCUT2D eigenvalue weighted by Crippen LogP contribution is 2.18. The first-order valence-corrected chi connectivity index (χ1v) is 9.61. The van der Waals surface area contributed by atoms with Crippen molar-refractivity contribution in [2.45, 2.75) is 6.61 Å². The van der Waals surface area contributed by atoms with Gasteiger partial charge < -0.3 is 9.47 Å². The third-order valence-corrected chi connectivity index (χ3v) is 4.69. The van der Waals surface area contributed by atoms with Crippen LogP contribution in [0.3, 0.4) is 0 Å². The van der Waals surface area contributed by atoms with Gasteiger partial charge in [-0.2, -0.15) is 0 Å². The number of carbonyl (C=O) groups excluding carboxylic acids is 2. The summed E-state index contributed by atoms with van der Waals surface area (Å²) in [5.74, 6) is -0.0837. The topological polar surface area (TPSA) is 52.6 Å². The Kier molecular flexibility index (Phi) is 6.85. The van der Waals surface area contributed by atoms with E-state index in [9.17, 15) is 9.59 Å². The molecule has 3 aromatic rings. The first-order chi connectivity index (χ1) is 13.5. The quantitative estimate of drug-likeness (QED) is 0.335. The zero-order valence-electron chi connectivity index (χ0n) is 14.7. The highest BCUT2D eigenvalue weighted by atomic mass is 79.9. The average Bonchev–Trinajstić information content (AvgIpc) is 2.72. The minimum Gasteiger partial charge on any atom is -0.489 e. The summed E-state index contributed by atoms with van der Waals surface area (Å²) in [4.78, 5) is 24.2. The standard InChI is InChI=1S/C22H16BrClO4/c23-18-7-11-20(12-8-18)27-13-15-1-3-17(4-2-15)22(26)28-14-21(25)16-5-9-19(24)10-6-16/h1-12H,13-14H2. The van der Waals surface area contributed by atoms with Gasteiger partial charge in [-0.3, -0.25) is 4.79 Å². The fraction of sp³-hybridized carbons (Fsp3) is 0.0909. The fourth-order valence-electron chi connectivity index (χ4n) is 2.37. The van der Waals surface area contributed by atoms with Gasteiger partial charge in [-0.15, -0.1) is 0 Å². The summed E-state index contributed by atoms with van der Waals surface area (Å²) in [6.07, 6.45) is 0. The van der Waals surface area contributed by atoms with Gasteiger partial charge in [0.15, 0.2) is 12.4 Å². The maximum atomic E-state index is 12.1. The van der Waals surface area contributed by atoms with E-state index in [1.807, 2.05) is 24.3 Å². The number of esters is 1. The summed E-state index contributed by atoms with van der Waals surface area (Å²) in [7, 11) is 0. The van der Waals surface area contributed by atoms with E-state index in [2.05, 4.69) is 15.9 Å². The molecule has 0 aromatic heterocycles. The molecule has 0 heterocycles. The number of Topliss-reactive ketones (excluding diaryl/α,β-unsaturated/α-hetero) is 1. The Balaban J connectivity index is 1.51. The molecule has 0 radical (unpaired) electrons. The van der Waals surface area contributed by atoms with E-state index in [-0.39, 0.29) is 12.4 Å². The number of halogens is 2. The average molecular weight is 460 g/mol. The molecule has 0 aliphatic rings. The Morgan fingerprint density at radius 2 is 1.43 bits per heavy atom. The predicted molar refractivity (Wildman–Crippen MR) is 111 cm³/mol. The highest BCUT2D eigenvalue weighted by molar-refractivity contribution is 9.10. The van der Waals surface area contributed by atoms with Gasteiger partial charge in [-0.05, 0) is 66.2 Å². The van der Waals surface area contributed by atoms with Crippen LogP contribution in [0.25, 0.3) is 0 Å². The minimum absolute atomic E-state index is 0.287. The van der Waals surface area contributed by atoms with Crippen LogP contribution in [0.4, 0.5) is 0 Å². The third kappa shape index (κ3) is 5.68. The fourth-order valence-corrected chi connectivity index (χ4v) is 2.76. The SMILES string of the molecule is O=C(COC(=O)c1ccc(COc2ccc(Br)cc2)cc1)c1ccc(Cl)cc1. The highest BCUT2D eigenvalue weighted by Gasteiger charge is 2.12. The third-order valence-electron chi connectivity index (χ3n) is 3.91. The van der Waals surface area contributed by atoms with Gasteiger partial charge in [-0.1, -0.05) is 39.7 Å². The second kappa shape index (κ2) is 9.53. The van der Waals surface area contributed by atoms with Gasteiger partial charge >= 0.3 is 5.97 Å². The minimum atomic E-state index is -0.553. The van der Waals surface area contributed by atoms with E-state index in [0.29, 0.717) is 22.8 Å². The van der Waals surface area contributed by atoms with Crippen LogP contribution in [-0.4, -0.2) is 18.4 Å². The van der Waals surface area contributed by atoms with E-state index < -0.39 is 5.97 Å². The van der Waals surface area contributed by atoms with Crippen molar-refractivity contribution in [3.05, 3.63) is 99.0 Å². The van der Waals surface area contributed by atoms with E-state index in [1.165, 1.54) is 0 Å². The molecule has 0 spiro atoms. The molecule has 0 atom stereocenters. The van der Waals surface area contributed by atoms with Crippen molar-refractivity contribution < 1.29 is 19.1 Å². The first kappa shape index (κ1) is 20.1. The molecule has 0 unspecified atom stereocenters. The van der Waals surface area contributed by atoms with Crippen LogP contribution in [0.5, 0.6) is 5.75 Å². The maximum Gasteiger partial charge on any atom is 0.338 e. The van der Waals surface area contributed by atoms with Crippen LogP contribution in [0.1, 0.15) is 26.3 Å². The van der Waals surface area contributed by atoms with Crippen LogP contribution in [0, 0.1) is 0 Å². The molecule has 0 amide bonds. The molecule has 0 saturated carbocycles. The molecule has 0 saturated heterocycles. The van der Waals surface area contributed by atoms with Crippen LogP contribution < -0.4 is 4.74 Å². The van der Waals surface area contributed by atoms with E-state index in [1.54, 1.807) is 48.5 Å². The monoisotopic (exact) mass is 458 g/mol. The lowest BCUT2D eigenvalue weighted by Gasteiger charge is -2.08. The summed E-state index contributed by atoms with van der Waals surface area (Å²) >= 11 is 9.17. The molecule has 0 bridgehead atoms. The molecule has 142 valence electrons. The predicted octanol–water partition coefficient (Wildman–Crippen LogP) is 5.72. The lowest BCUT2D eigenvalue weighted by atomic mass is 10.1. The molecular weight excluding hydrogens is 444 g/mol. The molecular formula is C22H16BrClO4. The van der Waals surface area contributed by atoms with Gasteiger partial charge in [0.2, 0.25) is 0 Å². The first-order valence-electron chi connectivity index (χ1n) is 8.44. The number of ketones is 1. The molecule has 3 rings (SSSR count). The molecule has 3 aromatic carbocycles. The van der Waals surface area contributed by atoms with Crippen molar-refractivity contribution in [3.8, 4) is 5.75 Å². The molecule has 0 N–H and O–H groups in total. The van der Waals surface area contributed by atoms with Crippen molar-refractivity contribution >= 4 is 39.3 Å². The van der Waals surface area contributed by atoms with Gasteiger partial charge in [-0.25, -0.2) is 4.79 Å². The number of rotatable bonds is 7. The number of ether oxygens (including phenoxy) is 2. The summed E-state index contributed by atoms with van der Waals surface area (Å²) in [6, 6.07) is 20.8. The lowest BCUT2D eigenvalue weighted by Crippen LogP contribution is -2.14. The summed E-state index contributed by atoms with van der Waals surface area (Å²) in [5.41, 5.74) is 1.73. The van der Waals surface area contributed by atoms with Crippen molar-refractivity contribution in [1.29, 1.82) is 0 Å². The molecule has 0 fully saturated rings. The molecule has 28 heavy (non-hydrogen) atoms. The van der Waals surface area contributed by atoms with Crippen LogP contribution in [-0.2, 0) is 11.3 Å². The zero-order chi connectivity index (χ0) is 19.9. The number of hydrogen-bond donors (Lipinski definition) is 0. The smallest absolute Gasteiger partial charge is 0.338 e. The number of benzene rings is 3. The molecule has 4 nitrogen and oxygen atoms in total. The molecule has 6 heteroatoms. The van der Waals surface area contributed by atoms with Crippen molar-refractivity contribution in [2.24, 2.45) is 0 Å². The molecule has 0 aliphatic carbocycles. The second-order valence-electron chi connectivity index (χ2n) is 5.95. The van der Waals surface area contributed by atoms with Crippen molar-refractivity contribution in [1.82, 2.24) is 0 Å². The second-order valence-corrected chi connectivity index (χ2v) is 7.30. The van der Waals surface area contributed by atoms with Gasteiger partial charge in [0.05, 0.1) is 5.56 Å². The maximum absolute atomic E-state index is 12.1. The van der Waals surface area contributed by atoms with Gasteiger partial charge in [0, 0.05) is 15.1 Å². The Morgan fingerprint density at radius 1 is 0.821 bits per heavy atom. The van der Waals surface area contributed by atoms with Crippen molar-refractivity contribution in [3.63, 3.8) is 0 Å². The number of hydrogen-bond acceptors (Lipinski definition) is 4.